The molecule has 0 bridgehead atoms. The van der Waals surface area contributed by atoms with E-state index in [1.165, 1.54) is 12.4 Å². The third-order valence-corrected chi connectivity index (χ3v) is 5.09. The molecule has 2 aromatic rings. The lowest BCUT2D eigenvalue weighted by atomic mass is 9.87. The van der Waals surface area contributed by atoms with Crippen LogP contribution in [0.25, 0.3) is 0 Å². The highest BCUT2D eigenvalue weighted by atomic mass is 19.4. The summed E-state index contributed by atoms with van der Waals surface area (Å²) >= 11 is 0. The van der Waals surface area contributed by atoms with Gasteiger partial charge in [0, 0.05) is 43.3 Å². The molecule has 29 heavy (non-hydrogen) atoms. The first kappa shape index (κ1) is 20.9. The van der Waals surface area contributed by atoms with E-state index >= 15 is 0 Å². The van der Waals surface area contributed by atoms with Crippen molar-refractivity contribution in [1.82, 2.24) is 9.97 Å². The maximum absolute atomic E-state index is 13.1. The van der Waals surface area contributed by atoms with Gasteiger partial charge >= 0.3 is 6.18 Å². The summed E-state index contributed by atoms with van der Waals surface area (Å²) in [6.45, 7) is 0.563. The van der Waals surface area contributed by atoms with Gasteiger partial charge in [0.05, 0.1) is 22.9 Å². The highest BCUT2D eigenvalue weighted by Crippen LogP contribution is 2.32. The molecule has 6 nitrogen and oxygen atoms in total. The Morgan fingerprint density at radius 1 is 1.17 bits per heavy atom. The van der Waals surface area contributed by atoms with Gasteiger partial charge in [0.1, 0.15) is 11.9 Å². The van der Waals surface area contributed by atoms with Crippen LogP contribution in [0.4, 0.5) is 24.7 Å². The van der Waals surface area contributed by atoms with E-state index in [0.29, 0.717) is 29.5 Å². The van der Waals surface area contributed by atoms with Crippen LogP contribution in [0.1, 0.15) is 42.4 Å². The molecule has 0 aliphatic heterocycles. The van der Waals surface area contributed by atoms with Crippen molar-refractivity contribution in [2.24, 2.45) is 5.92 Å². The standard InChI is InChI=1S/C20H22F3N5O/c21-20(22,23)17-5-6-25-10-15(17)12-28-19-7-18(14(8-24)11-27-19)26-9-13-1-3-16(29)4-2-13/h5-7,10-11,13,16,29H,1-4,9,12H2,(H2,26,27,28). The third kappa shape index (κ3) is 5.57. The molecule has 154 valence electrons. The first-order valence-corrected chi connectivity index (χ1v) is 9.43. The second kappa shape index (κ2) is 9.09. The van der Waals surface area contributed by atoms with Crippen molar-refractivity contribution in [2.75, 3.05) is 17.2 Å². The number of aliphatic hydroxyl groups is 1. The highest BCUT2D eigenvalue weighted by Gasteiger charge is 2.33. The summed E-state index contributed by atoms with van der Waals surface area (Å²) in [6, 6.07) is 4.64. The minimum Gasteiger partial charge on any atom is -0.393 e. The normalized spacial score (nSPS) is 19.4. The average molecular weight is 405 g/mol. The molecule has 0 amide bonds. The zero-order chi connectivity index (χ0) is 20.9. The van der Waals surface area contributed by atoms with Crippen LogP contribution in [-0.4, -0.2) is 27.7 Å². The SMILES string of the molecule is N#Cc1cnc(NCc2cnccc2C(F)(F)F)cc1NCC1CCC(O)CC1. The lowest BCUT2D eigenvalue weighted by Crippen LogP contribution is -2.23. The van der Waals surface area contributed by atoms with Gasteiger partial charge in [0.15, 0.2) is 0 Å². The summed E-state index contributed by atoms with van der Waals surface area (Å²) < 4.78 is 39.3. The topological polar surface area (TPSA) is 93.9 Å². The number of rotatable bonds is 6. The molecule has 3 N–H and O–H groups in total. The summed E-state index contributed by atoms with van der Waals surface area (Å²) in [7, 11) is 0. The van der Waals surface area contributed by atoms with Crippen LogP contribution in [0.3, 0.4) is 0 Å². The molecule has 3 rings (SSSR count). The summed E-state index contributed by atoms with van der Waals surface area (Å²) in [5, 5.41) is 25.0. The van der Waals surface area contributed by atoms with Gasteiger partial charge in [-0.1, -0.05) is 0 Å². The molecule has 0 atom stereocenters. The summed E-state index contributed by atoms with van der Waals surface area (Å²) in [6.07, 6.45) is 2.35. The zero-order valence-electron chi connectivity index (χ0n) is 15.7. The quantitative estimate of drug-likeness (QED) is 0.674. The van der Waals surface area contributed by atoms with E-state index in [1.807, 2.05) is 0 Å². The van der Waals surface area contributed by atoms with Crippen LogP contribution in [-0.2, 0) is 12.7 Å². The number of anilines is 2. The number of aliphatic hydroxyl groups excluding tert-OH is 1. The van der Waals surface area contributed by atoms with E-state index in [2.05, 4.69) is 26.7 Å². The Morgan fingerprint density at radius 2 is 1.93 bits per heavy atom. The largest absolute Gasteiger partial charge is 0.416 e. The molecule has 0 saturated heterocycles. The number of nitriles is 1. The van der Waals surface area contributed by atoms with E-state index in [4.69, 9.17) is 0 Å². The van der Waals surface area contributed by atoms with Crippen LogP contribution >= 0.6 is 0 Å². The van der Waals surface area contributed by atoms with Gasteiger partial charge in [-0.05, 0) is 37.7 Å². The number of nitrogens with zero attached hydrogens (tertiary/aromatic N) is 3. The van der Waals surface area contributed by atoms with Crippen LogP contribution in [0.2, 0.25) is 0 Å². The van der Waals surface area contributed by atoms with Gasteiger partial charge in [-0.2, -0.15) is 18.4 Å². The molecular weight excluding hydrogens is 383 g/mol. The van der Waals surface area contributed by atoms with E-state index in [0.717, 1.165) is 37.9 Å². The fraction of sp³-hybridized carbons (Fsp3) is 0.450. The van der Waals surface area contributed by atoms with Crippen molar-refractivity contribution in [2.45, 2.75) is 44.5 Å². The number of aromatic nitrogens is 2. The second-order valence-electron chi connectivity index (χ2n) is 7.17. The second-order valence-corrected chi connectivity index (χ2v) is 7.17. The van der Waals surface area contributed by atoms with Gasteiger partial charge in [0.2, 0.25) is 0 Å². The van der Waals surface area contributed by atoms with Crippen molar-refractivity contribution < 1.29 is 18.3 Å². The molecule has 0 radical (unpaired) electrons. The molecule has 1 aliphatic carbocycles. The average Bonchev–Trinajstić information content (AvgIpc) is 2.71. The maximum Gasteiger partial charge on any atom is 0.416 e. The fourth-order valence-electron chi connectivity index (χ4n) is 3.42. The van der Waals surface area contributed by atoms with Crippen molar-refractivity contribution in [3.8, 4) is 6.07 Å². The minimum absolute atomic E-state index is 0.0152. The van der Waals surface area contributed by atoms with Gasteiger partial charge in [-0.25, -0.2) is 4.98 Å². The number of pyridine rings is 2. The number of alkyl halides is 3. The Hall–Kier alpha value is -2.86. The molecule has 1 saturated carbocycles. The smallest absolute Gasteiger partial charge is 0.393 e. The van der Waals surface area contributed by atoms with E-state index in [1.54, 1.807) is 6.07 Å². The van der Waals surface area contributed by atoms with Crippen LogP contribution in [0.15, 0.2) is 30.7 Å². The summed E-state index contributed by atoms with van der Waals surface area (Å²) in [5.74, 6) is 0.766. The molecule has 2 aromatic heterocycles. The molecule has 1 aliphatic rings. The van der Waals surface area contributed by atoms with Gasteiger partial charge in [-0.15, -0.1) is 0 Å². The highest BCUT2D eigenvalue weighted by molar-refractivity contribution is 5.61. The minimum atomic E-state index is -4.46. The van der Waals surface area contributed by atoms with Crippen molar-refractivity contribution in [3.05, 3.63) is 47.4 Å². The fourth-order valence-corrected chi connectivity index (χ4v) is 3.42. The first-order chi connectivity index (χ1) is 13.9. The predicted octanol–water partition coefficient (Wildman–Crippen LogP) is 3.94. The Bertz CT molecular complexity index is 873. The van der Waals surface area contributed by atoms with Crippen molar-refractivity contribution in [3.63, 3.8) is 0 Å². The molecule has 0 spiro atoms. The monoisotopic (exact) mass is 405 g/mol. The van der Waals surface area contributed by atoms with Gasteiger partial charge in [-0.3, -0.25) is 4.98 Å². The molecule has 0 aromatic carbocycles. The Kier molecular flexibility index (Phi) is 6.54. The summed E-state index contributed by atoms with van der Waals surface area (Å²) in [5.41, 5.74) is 0.218. The Morgan fingerprint density at radius 3 is 2.62 bits per heavy atom. The molecule has 0 unspecified atom stereocenters. The lowest BCUT2D eigenvalue weighted by Gasteiger charge is -2.26. The number of hydrogen-bond donors (Lipinski definition) is 3. The predicted molar refractivity (Wildman–Crippen MR) is 102 cm³/mol. The van der Waals surface area contributed by atoms with Gasteiger partial charge < -0.3 is 15.7 Å². The van der Waals surface area contributed by atoms with Crippen LogP contribution < -0.4 is 10.6 Å². The van der Waals surface area contributed by atoms with E-state index in [9.17, 15) is 23.5 Å². The molecule has 9 heteroatoms. The number of nitrogens with one attached hydrogen (secondary N) is 2. The van der Waals surface area contributed by atoms with E-state index < -0.39 is 11.7 Å². The van der Waals surface area contributed by atoms with Crippen LogP contribution in [0.5, 0.6) is 0 Å². The van der Waals surface area contributed by atoms with Crippen molar-refractivity contribution >= 4 is 11.5 Å². The Labute approximate surface area is 166 Å². The molecule has 1 fully saturated rings. The van der Waals surface area contributed by atoms with Crippen LogP contribution in [0, 0.1) is 17.2 Å². The third-order valence-electron chi connectivity index (χ3n) is 5.09. The maximum atomic E-state index is 13.1. The molecular formula is C20H22F3N5O. The van der Waals surface area contributed by atoms with Gasteiger partial charge in [0.25, 0.3) is 0 Å². The Balaban J connectivity index is 1.67. The lowest BCUT2D eigenvalue weighted by molar-refractivity contribution is -0.138. The number of halogens is 3. The first-order valence-electron chi connectivity index (χ1n) is 9.43. The molecule has 2 heterocycles. The summed E-state index contributed by atoms with van der Waals surface area (Å²) in [4.78, 5) is 7.88. The number of hydrogen-bond acceptors (Lipinski definition) is 6. The van der Waals surface area contributed by atoms with Crippen molar-refractivity contribution in [1.29, 1.82) is 5.26 Å². The zero-order valence-corrected chi connectivity index (χ0v) is 15.7. The van der Waals surface area contributed by atoms with E-state index in [-0.39, 0.29) is 18.2 Å².